The van der Waals surface area contributed by atoms with Crippen molar-refractivity contribution in [3.8, 4) is 5.75 Å². The van der Waals surface area contributed by atoms with Crippen molar-refractivity contribution in [2.45, 2.75) is 30.6 Å². The molecule has 1 aliphatic heterocycles. The number of nitrogens with zero attached hydrogens (tertiary/aromatic N) is 3. The summed E-state index contributed by atoms with van der Waals surface area (Å²) in [6.45, 7) is 0.952. The van der Waals surface area contributed by atoms with Crippen LogP contribution in [0.2, 0.25) is 0 Å². The van der Waals surface area contributed by atoms with E-state index >= 15 is 0 Å². The third-order valence-electron chi connectivity index (χ3n) is 5.79. The highest BCUT2D eigenvalue weighted by atomic mass is 32.2. The molecule has 9 nitrogen and oxygen atoms in total. The van der Waals surface area contributed by atoms with Crippen molar-refractivity contribution in [2.24, 2.45) is 7.05 Å². The van der Waals surface area contributed by atoms with Crippen LogP contribution in [0.5, 0.6) is 5.75 Å². The highest BCUT2D eigenvalue weighted by molar-refractivity contribution is 7.89. The summed E-state index contributed by atoms with van der Waals surface area (Å²) >= 11 is 0. The van der Waals surface area contributed by atoms with Gasteiger partial charge >= 0.3 is 0 Å². The van der Waals surface area contributed by atoms with Crippen molar-refractivity contribution < 1.29 is 17.9 Å². The lowest BCUT2D eigenvalue weighted by molar-refractivity contribution is 0.102. The fraction of sp³-hybridized carbons (Fsp3) is 0.348. The van der Waals surface area contributed by atoms with E-state index in [1.54, 1.807) is 24.3 Å². The molecule has 0 aliphatic carbocycles. The molecule has 0 spiro atoms. The van der Waals surface area contributed by atoms with Crippen molar-refractivity contribution in [1.82, 2.24) is 14.1 Å². The molecule has 1 saturated heterocycles. The second-order valence-electron chi connectivity index (χ2n) is 7.96. The van der Waals surface area contributed by atoms with Gasteiger partial charge in [0, 0.05) is 25.5 Å². The fourth-order valence-corrected chi connectivity index (χ4v) is 5.57. The highest BCUT2D eigenvalue weighted by Crippen LogP contribution is 2.30. The standard InChI is InChI=1S/C23H26N4O5S/c1-26-23(29)18-10-6-5-9-17(18)21(25-26)22(28)24-19-15-16(11-12-20(19)32-2)33(30,31)27-13-7-3-4-8-14-27/h5-6,9-12,15H,3-4,7-8,13-14H2,1-2H3,(H,24,28). The van der Waals surface area contributed by atoms with E-state index in [0.717, 1.165) is 30.4 Å². The average molecular weight is 471 g/mol. The molecule has 10 heteroatoms. The number of methoxy groups -OCH3 is 1. The summed E-state index contributed by atoms with van der Waals surface area (Å²) in [4.78, 5) is 25.6. The number of sulfonamides is 1. The van der Waals surface area contributed by atoms with Crippen LogP contribution in [0.3, 0.4) is 0 Å². The number of carbonyl (C=O) groups is 1. The topological polar surface area (TPSA) is 111 Å². The quantitative estimate of drug-likeness (QED) is 0.614. The molecule has 1 aliphatic rings. The summed E-state index contributed by atoms with van der Waals surface area (Å²) < 4.78 is 34.4. The molecule has 4 rings (SSSR count). The predicted molar refractivity (Wildman–Crippen MR) is 125 cm³/mol. The Balaban J connectivity index is 1.72. The molecule has 1 amide bonds. The average Bonchev–Trinajstić information content (AvgIpc) is 3.11. The molecule has 1 fully saturated rings. The van der Waals surface area contributed by atoms with Gasteiger partial charge in [0.2, 0.25) is 10.0 Å². The van der Waals surface area contributed by atoms with Gasteiger partial charge in [-0.25, -0.2) is 13.1 Å². The molecule has 2 aromatic carbocycles. The van der Waals surface area contributed by atoms with Crippen molar-refractivity contribution in [2.75, 3.05) is 25.5 Å². The number of rotatable bonds is 5. The molecule has 0 saturated carbocycles. The highest BCUT2D eigenvalue weighted by Gasteiger charge is 2.27. The fourth-order valence-electron chi connectivity index (χ4n) is 4.03. The molecule has 0 radical (unpaired) electrons. The Morgan fingerprint density at radius 1 is 1.03 bits per heavy atom. The first-order valence-electron chi connectivity index (χ1n) is 10.8. The number of ether oxygens (including phenoxy) is 1. The number of amides is 1. The number of hydrogen-bond donors (Lipinski definition) is 1. The number of benzene rings is 2. The number of fused-ring (bicyclic) bond motifs is 1. The van der Waals surface area contributed by atoms with E-state index in [0.29, 0.717) is 29.6 Å². The van der Waals surface area contributed by atoms with Gasteiger partial charge in [0.25, 0.3) is 11.5 Å². The number of carbonyl (C=O) groups excluding carboxylic acids is 1. The van der Waals surface area contributed by atoms with Crippen LogP contribution in [-0.4, -0.2) is 48.6 Å². The normalized spacial score (nSPS) is 15.2. The Kier molecular flexibility index (Phi) is 6.48. The van der Waals surface area contributed by atoms with Crippen molar-refractivity contribution in [1.29, 1.82) is 0 Å². The van der Waals surface area contributed by atoms with E-state index in [1.807, 2.05) is 0 Å². The van der Waals surface area contributed by atoms with Crippen molar-refractivity contribution in [3.05, 3.63) is 58.5 Å². The number of nitrogens with one attached hydrogen (secondary N) is 1. The summed E-state index contributed by atoms with van der Waals surface area (Å²) in [5, 5.41) is 7.63. The van der Waals surface area contributed by atoms with Crippen molar-refractivity contribution >= 4 is 32.4 Å². The minimum atomic E-state index is -3.71. The predicted octanol–water partition coefficient (Wildman–Crippen LogP) is 2.76. The Bertz CT molecular complexity index is 1360. The lowest BCUT2D eigenvalue weighted by Crippen LogP contribution is -2.32. The molecule has 1 N–H and O–H groups in total. The van der Waals surface area contributed by atoms with Gasteiger partial charge in [0.05, 0.1) is 23.1 Å². The van der Waals surface area contributed by atoms with E-state index in [1.165, 1.54) is 36.7 Å². The van der Waals surface area contributed by atoms with E-state index < -0.39 is 15.9 Å². The van der Waals surface area contributed by atoms with Crippen LogP contribution in [0.4, 0.5) is 5.69 Å². The minimum absolute atomic E-state index is 0.0514. The van der Waals surface area contributed by atoms with Gasteiger partial charge in [-0.05, 0) is 37.1 Å². The largest absolute Gasteiger partial charge is 0.495 e. The summed E-state index contributed by atoms with van der Waals surface area (Å²) in [6, 6.07) is 11.1. The molecule has 0 atom stereocenters. The van der Waals surface area contributed by atoms with Gasteiger partial charge in [-0.1, -0.05) is 31.0 Å². The maximum Gasteiger partial charge on any atom is 0.276 e. The van der Waals surface area contributed by atoms with Crippen LogP contribution in [0, 0.1) is 0 Å². The number of anilines is 1. The monoisotopic (exact) mass is 470 g/mol. The zero-order valence-electron chi connectivity index (χ0n) is 18.6. The molecule has 1 aromatic heterocycles. The molecule has 0 unspecified atom stereocenters. The molecule has 174 valence electrons. The van der Waals surface area contributed by atoms with Crippen LogP contribution >= 0.6 is 0 Å². The van der Waals surface area contributed by atoms with Crippen LogP contribution in [0.25, 0.3) is 10.8 Å². The third kappa shape index (κ3) is 4.49. The summed E-state index contributed by atoms with van der Waals surface area (Å²) in [5.74, 6) is -0.267. The Hall–Kier alpha value is -3.24. The molecule has 2 heterocycles. The molecule has 33 heavy (non-hydrogen) atoms. The first-order valence-corrected chi connectivity index (χ1v) is 12.2. The first-order chi connectivity index (χ1) is 15.8. The molecule has 3 aromatic rings. The Labute approximate surface area is 192 Å². The molecular formula is C23H26N4O5S. The van der Waals surface area contributed by atoms with E-state index in [9.17, 15) is 18.0 Å². The number of aryl methyl sites for hydroxylation is 1. The lowest BCUT2D eigenvalue weighted by Gasteiger charge is -2.21. The Morgan fingerprint density at radius 2 is 1.70 bits per heavy atom. The summed E-state index contributed by atoms with van der Waals surface area (Å²) in [6.07, 6.45) is 3.67. The molecule has 0 bridgehead atoms. The Morgan fingerprint density at radius 3 is 2.36 bits per heavy atom. The van der Waals surface area contributed by atoms with Crippen LogP contribution in [-0.2, 0) is 17.1 Å². The van der Waals surface area contributed by atoms with Gasteiger partial charge in [-0.3, -0.25) is 9.59 Å². The number of aromatic nitrogens is 2. The van der Waals surface area contributed by atoms with Crippen LogP contribution in [0.15, 0.2) is 52.2 Å². The minimum Gasteiger partial charge on any atom is -0.495 e. The maximum absolute atomic E-state index is 13.2. The SMILES string of the molecule is COc1ccc(S(=O)(=O)N2CCCCCC2)cc1NC(=O)c1nn(C)c(=O)c2ccccc12. The van der Waals surface area contributed by atoms with E-state index in [4.69, 9.17) is 4.74 Å². The van der Waals surface area contributed by atoms with E-state index in [2.05, 4.69) is 10.4 Å². The zero-order chi connectivity index (χ0) is 23.6. The summed E-state index contributed by atoms with van der Waals surface area (Å²) in [5.41, 5.74) is -0.0565. The third-order valence-corrected chi connectivity index (χ3v) is 7.69. The lowest BCUT2D eigenvalue weighted by atomic mass is 10.1. The first kappa shape index (κ1) is 22.9. The van der Waals surface area contributed by atoms with Crippen LogP contribution in [0.1, 0.15) is 36.2 Å². The van der Waals surface area contributed by atoms with Gasteiger partial charge in [0.15, 0.2) is 5.69 Å². The van der Waals surface area contributed by atoms with Gasteiger partial charge in [-0.2, -0.15) is 9.40 Å². The number of hydrogen-bond acceptors (Lipinski definition) is 6. The smallest absolute Gasteiger partial charge is 0.276 e. The van der Waals surface area contributed by atoms with Crippen molar-refractivity contribution in [3.63, 3.8) is 0 Å². The van der Waals surface area contributed by atoms with Gasteiger partial charge in [0.1, 0.15) is 5.75 Å². The maximum atomic E-state index is 13.2. The molecular weight excluding hydrogens is 444 g/mol. The summed E-state index contributed by atoms with van der Waals surface area (Å²) in [7, 11) is -0.804. The van der Waals surface area contributed by atoms with Gasteiger partial charge < -0.3 is 10.1 Å². The van der Waals surface area contributed by atoms with Gasteiger partial charge in [-0.15, -0.1) is 0 Å². The zero-order valence-corrected chi connectivity index (χ0v) is 19.4. The second kappa shape index (κ2) is 9.32. The van der Waals surface area contributed by atoms with Crippen LogP contribution < -0.4 is 15.6 Å². The van der Waals surface area contributed by atoms with E-state index in [-0.39, 0.29) is 21.8 Å². The second-order valence-corrected chi connectivity index (χ2v) is 9.90.